The maximum atomic E-state index is 13.1. The van der Waals surface area contributed by atoms with Crippen molar-refractivity contribution in [2.75, 3.05) is 25.1 Å². The Morgan fingerprint density at radius 1 is 1.03 bits per heavy atom. The van der Waals surface area contributed by atoms with Gasteiger partial charge in [-0.2, -0.15) is 4.31 Å². The molecule has 1 heterocycles. The number of hydrogen-bond acceptors (Lipinski definition) is 7. The summed E-state index contributed by atoms with van der Waals surface area (Å²) in [5.41, 5.74) is 1.32. The van der Waals surface area contributed by atoms with Gasteiger partial charge in [0.1, 0.15) is 6.04 Å². The molecule has 1 N–H and O–H groups in total. The number of hydrogen-bond donors (Lipinski definition) is 1. The number of ether oxygens (including phenoxy) is 2. The maximum Gasteiger partial charge on any atom is 0.340 e. The highest BCUT2D eigenvalue weighted by Crippen LogP contribution is 2.26. The van der Waals surface area contributed by atoms with Gasteiger partial charge in [-0.1, -0.05) is 29.8 Å². The molecule has 9 nitrogen and oxygen atoms in total. The number of carbonyl (C=O) groups is 3. The van der Waals surface area contributed by atoms with Crippen LogP contribution in [0, 0.1) is 6.92 Å². The number of para-hydroxylation sites is 1. The van der Waals surface area contributed by atoms with Crippen molar-refractivity contribution >= 4 is 33.6 Å². The minimum Gasteiger partial charge on any atom is -0.462 e. The zero-order chi connectivity index (χ0) is 24.7. The van der Waals surface area contributed by atoms with Gasteiger partial charge in [0.15, 0.2) is 6.61 Å². The topological polar surface area (TPSA) is 119 Å². The van der Waals surface area contributed by atoms with Gasteiger partial charge < -0.3 is 14.8 Å². The highest BCUT2D eigenvalue weighted by Gasteiger charge is 2.38. The Hall–Kier alpha value is -3.24. The standard InChI is InChI=1S/C24H28N2O7S/c1-3-32-23(28)19-8-4-5-9-20(19)25-22(27)16-33-24(29)21-10-6-7-15-26(21)34(30,31)18-13-11-17(2)12-14-18/h4-5,8-9,11-14,21H,3,6-7,10,15-16H2,1-2H3,(H,25,27). The summed E-state index contributed by atoms with van der Waals surface area (Å²) in [5.74, 6) is -2.03. The van der Waals surface area contributed by atoms with Crippen LogP contribution in [0.15, 0.2) is 53.4 Å². The number of amides is 1. The second kappa shape index (κ2) is 11.3. The van der Waals surface area contributed by atoms with E-state index in [2.05, 4.69) is 5.32 Å². The number of benzene rings is 2. The van der Waals surface area contributed by atoms with Crippen molar-refractivity contribution in [3.8, 4) is 0 Å². The fourth-order valence-electron chi connectivity index (χ4n) is 3.67. The lowest BCUT2D eigenvalue weighted by molar-refractivity contribution is -0.152. The van der Waals surface area contributed by atoms with Crippen LogP contribution < -0.4 is 5.32 Å². The van der Waals surface area contributed by atoms with E-state index in [1.807, 2.05) is 6.92 Å². The molecule has 1 fully saturated rings. The van der Waals surface area contributed by atoms with E-state index >= 15 is 0 Å². The van der Waals surface area contributed by atoms with Gasteiger partial charge in [-0.05, 0) is 57.4 Å². The van der Waals surface area contributed by atoms with Crippen LogP contribution in [0.25, 0.3) is 0 Å². The Morgan fingerprint density at radius 3 is 2.44 bits per heavy atom. The SMILES string of the molecule is CCOC(=O)c1ccccc1NC(=O)COC(=O)C1CCCCN1S(=O)(=O)c1ccc(C)cc1. The van der Waals surface area contributed by atoms with Crippen molar-refractivity contribution in [2.24, 2.45) is 0 Å². The zero-order valence-electron chi connectivity index (χ0n) is 19.2. The number of carbonyl (C=O) groups excluding carboxylic acids is 3. The molecule has 1 saturated heterocycles. The van der Waals surface area contributed by atoms with Crippen molar-refractivity contribution in [3.63, 3.8) is 0 Å². The van der Waals surface area contributed by atoms with Crippen molar-refractivity contribution in [3.05, 3.63) is 59.7 Å². The Labute approximate surface area is 199 Å². The Balaban J connectivity index is 1.66. The molecule has 0 bridgehead atoms. The van der Waals surface area contributed by atoms with E-state index < -0.39 is 40.5 Å². The van der Waals surface area contributed by atoms with Gasteiger partial charge >= 0.3 is 11.9 Å². The fourth-order valence-corrected chi connectivity index (χ4v) is 5.32. The van der Waals surface area contributed by atoms with Gasteiger partial charge in [-0.3, -0.25) is 9.59 Å². The molecule has 0 saturated carbocycles. The summed E-state index contributed by atoms with van der Waals surface area (Å²) < 4.78 is 37.6. The van der Waals surface area contributed by atoms with Crippen LogP contribution in [0.5, 0.6) is 0 Å². The first-order valence-electron chi connectivity index (χ1n) is 11.0. The molecule has 34 heavy (non-hydrogen) atoms. The fraction of sp³-hybridized carbons (Fsp3) is 0.375. The molecule has 0 radical (unpaired) electrons. The molecule has 1 atom stereocenters. The van der Waals surface area contributed by atoms with Crippen molar-refractivity contribution in [1.29, 1.82) is 0 Å². The van der Waals surface area contributed by atoms with E-state index in [-0.39, 0.29) is 29.3 Å². The number of rotatable bonds is 8. The summed E-state index contributed by atoms with van der Waals surface area (Å²) in [5, 5.41) is 2.53. The third-order valence-corrected chi connectivity index (χ3v) is 7.32. The van der Waals surface area contributed by atoms with Crippen LogP contribution in [-0.4, -0.2) is 56.4 Å². The molecule has 0 aromatic heterocycles. The van der Waals surface area contributed by atoms with Gasteiger partial charge in [0, 0.05) is 6.54 Å². The summed E-state index contributed by atoms with van der Waals surface area (Å²) >= 11 is 0. The van der Waals surface area contributed by atoms with E-state index in [0.717, 1.165) is 9.87 Å². The van der Waals surface area contributed by atoms with Crippen LogP contribution in [0.1, 0.15) is 42.1 Å². The molecule has 2 aromatic rings. The molecule has 2 aromatic carbocycles. The molecule has 1 amide bonds. The molecule has 3 rings (SSSR count). The average Bonchev–Trinajstić information content (AvgIpc) is 2.83. The van der Waals surface area contributed by atoms with E-state index in [4.69, 9.17) is 9.47 Å². The van der Waals surface area contributed by atoms with Crippen LogP contribution >= 0.6 is 0 Å². The molecule has 1 aliphatic heterocycles. The zero-order valence-corrected chi connectivity index (χ0v) is 20.0. The number of aryl methyl sites for hydroxylation is 1. The molecule has 1 aliphatic rings. The third-order valence-electron chi connectivity index (χ3n) is 5.40. The van der Waals surface area contributed by atoms with Crippen LogP contribution in [0.3, 0.4) is 0 Å². The lowest BCUT2D eigenvalue weighted by atomic mass is 10.1. The predicted octanol–water partition coefficient (Wildman–Crippen LogP) is 2.90. The normalized spacial score (nSPS) is 16.5. The van der Waals surface area contributed by atoms with Gasteiger partial charge in [0.2, 0.25) is 10.0 Å². The Kier molecular flexibility index (Phi) is 8.41. The van der Waals surface area contributed by atoms with Gasteiger partial charge in [-0.25, -0.2) is 13.2 Å². The number of anilines is 1. The van der Waals surface area contributed by atoms with Crippen molar-refractivity contribution in [2.45, 2.75) is 44.0 Å². The predicted molar refractivity (Wildman–Crippen MR) is 125 cm³/mol. The van der Waals surface area contributed by atoms with E-state index in [1.165, 1.54) is 24.3 Å². The van der Waals surface area contributed by atoms with E-state index in [1.54, 1.807) is 31.2 Å². The molecule has 1 unspecified atom stereocenters. The van der Waals surface area contributed by atoms with Crippen LogP contribution in [-0.2, 0) is 29.1 Å². The minimum absolute atomic E-state index is 0.103. The van der Waals surface area contributed by atoms with Crippen LogP contribution in [0.2, 0.25) is 0 Å². The minimum atomic E-state index is -3.90. The molecule has 10 heteroatoms. The monoisotopic (exact) mass is 488 g/mol. The number of nitrogens with zero attached hydrogens (tertiary/aromatic N) is 1. The molecular weight excluding hydrogens is 460 g/mol. The third kappa shape index (κ3) is 6.00. The highest BCUT2D eigenvalue weighted by molar-refractivity contribution is 7.89. The molecule has 182 valence electrons. The largest absolute Gasteiger partial charge is 0.462 e. The highest BCUT2D eigenvalue weighted by atomic mass is 32.2. The first kappa shape index (κ1) is 25.4. The van der Waals surface area contributed by atoms with Crippen LogP contribution in [0.4, 0.5) is 5.69 Å². The molecule has 0 aliphatic carbocycles. The second-order valence-corrected chi connectivity index (χ2v) is 9.75. The number of nitrogens with one attached hydrogen (secondary N) is 1. The van der Waals surface area contributed by atoms with E-state index in [9.17, 15) is 22.8 Å². The van der Waals surface area contributed by atoms with Gasteiger partial charge in [0.05, 0.1) is 22.8 Å². The first-order valence-corrected chi connectivity index (χ1v) is 12.5. The van der Waals surface area contributed by atoms with Crippen molar-refractivity contribution in [1.82, 2.24) is 4.31 Å². The van der Waals surface area contributed by atoms with E-state index in [0.29, 0.717) is 19.3 Å². The second-order valence-electron chi connectivity index (χ2n) is 7.86. The first-order chi connectivity index (χ1) is 16.2. The van der Waals surface area contributed by atoms with Gasteiger partial charge in [0.25, 0.3) is 5.91 Å². The lowest BCUT2D eigenvalue weighted by Crippen LogP contribution is -2.48. The Bertz CT molecular complexity index is 1150. The number of esters is 2. The Morgan fingerprint density at radius 2 is 1.74 bits per heavy atom. The van der Waals surface area contributed by atoms with Gasteiger partial charge in [-0.15, -0.1) is 0 Å². The number of piperidine rings is 1. The summed E-state index contributed by atoms with van der Waals surface area (Å²) in [6.45, 7) is 3.28. The smallest absolute Gasteiger partial charge is 0.340 e. The lowest BCUT2D eigenvalue weighted by Gasteiger charge is -2.33. The summed E-state index contributed by atoms with van der Waals surface area (Å²) in [7, 11) is -3.90. The average molecular weight is 489 g/mol. The summed E-state index contributed by atoms with van der Waals surface area (Å²) in [6, 6.07) is 11.7. The summed E-state index contributed by atoms with van der Waals surface area (Å²) in [4.78, 5) is 37.3. The van der Waals surface area contributed by atoms with Crippen molar-refractivity contribution < 1.29 is 32.3 Å². The summed E-state index contributed by atoms with van der Waals surface area (Å²) in [6.07, 6.45) is 1.59. The quantitative estimate of drug-likeness (QED) is 0.568. The molecular formula is C24H28N2O7S. The number of sulfonamides is 1. The molecule has 0 spiro atoms. The maximum absolute atomic E-state index is 13.1.